The quantitative estimate of drug-likeness (QED) is 0.212. The number of benzene rings is 2. The van der Waals surface area contributed by atoms with Crippen molar-refractivity contribution in [1.29, 1.82) is 0 Å². The number of aromatic amines is 2. The topological polar surface area (TPSA) is 129 Å². The molecule has 0 spiro atoms. The van der Waals surface area contributed by atoms with Crippen molar-refractivity contribution in [3.05, 3.63) is 78.4 Å². The lowest BCUT2D eigenvalue weighted by atomic mass is 10.0. The third-order valence-electron chi connectivity index (χ3n) is 6.66. The Morgan fingerprint density at radius 1 is 0.951 bits per heavy atom. The van der Waals surface area contributed by atoms with E-state index >= 15 is 0 Å². The van der Waals surface area contributed by atoms with Crippen LogP contribution in [-0.4, -0.2) is 56.6 Å². The van der Waals surface area contributed by atoms with Gasteiger partial charge in [0.05, 0.1) is 33.7 Å². The van der Waals surface area contributed by atoms with E-state index in [1.54, 1.807) is 12.4 Å². The van der Waals surface area contributed by atoms with E-state index in [9.17, 15) is 12.8 Å². The molecule has 0 fully saturated rings. The first-order chi connectivity index (χ1) is 19.6. The van der Waals surface area contributed by atoms with E-state index in [1.807, 2.05) is 42.5 Å². The van der Waals surface area contributed by atoms with Crippen LogP contribution in [0.4, 0.5) is 10.1 Å². The van der Waals surface area contributed by atoms with Gasteiger partial charge in [-0.1, -0.05) is 18.2 Å². The summed E-state index contributed by atoms with van der Waals surface area (Å²) in [5.41, 5.74) is 7.84. The Kier molecular flexibility index (Phi) is 6.74. The van der Waals surface area contributed by atoms with Gasteiger partial charge in [-0.05, 0) is 67.8 Å². The summed E-state index contributed by atoms with van der Waals surface area (Å²) in [6.45, 7) is 4.14. The number of sulfone groups is 1. The lowest BCUT2D eigenvalue weighted by molar-refractivity contribution is 0.600. The molecular formula is C30H28FN7O2S. The molecule has 3 N–H and O–H groups in total. The van der Waals surface area contributed by atoms with Crippen molar-refractivity contribution in [1.82, 2.24) is 30.1 Å². The molecule has 0 aliphatic heterocycles. The van der Waals surface area contributed by atoms with Crippen LogP contribution in [0.1, 0.15) is 19.4 Å². The van der Waals surface area contributed by atoms with Crippen LogP contribution in [0, 0.1) is 5.82 Å². The first kappa shape index (κ1) is 26.6. The Balaban J connectivity index is 1.40. The highest BCUT2D eigenvalue weighted by Crippen LogP contribution is 2.33. The molecular weight excluding hydrogens is 541 g/mol. The number of aromatic nitrogens is 6. The molecule has 0 amide bonds. The summed E-state index contributed by atoms with van der Waals surface area (Å²) in [4.78, 5) is 17.5. The van der Waals surface area contributed by atoms with E-state index in [1.165, 1.54) is 18.4 Å². The third kappa shape index (κ3) is 5.66. The van der Waals surface area contributed by atoms with Gasteiger partial charge < -0.3 is 10.3 Å². The molecule has 208 valence electrons. The van der Waals surface area contributed by atoms with Crippen molar-refractivity contribution in [2.75, 3.05) is 17.3 Å². The number of hydrogen-bond donors (Lipinski definition) is 3. The number of nitrogens with one attached hydrogen (secondary N) is 3. The maximum absolute atomic E-state index is 14.6. The number of rotatable bonds is 8. The van der Waals surface area contributed by atoms with Crippen molar-refractivity contribution in [3.8, 4) is 33.9 Å². The van der Waals surface area contributed by atoms with Gasteiger partial charge in [-0.3, -0.25) is 10.1 Å². The summed E-state index contributed by atoms with van der Waals surface area (Å²) in [7, 11) is -3.18. The molecule has 0 unspecified atom stereocenters. The summed E-state index contributed by atoms with van der Waals surface area (Å²) in [6.07, 6.45) is 4.96. The van der Waals surface area contributed by atoms with Gasteiger partial charge in [0.2, 0.25) is 0 Å². The summed E-state index contributed by atoms with van der Waals surface area (Å²) < 4.78 is 37.9. The Morgan fingerprint density at radius 2 is 1.80 bits per heavy atom. The SMILES string of the molecule is CC(C)Nc1cncc(-c2ccc3[nH]nc(-c4nc5c(-c6cc(F)cc(CCS(C)(=O)=O)c6)cccc5[nH]4)c3n2)c1. The van der Waals surface area contributed by atoms with Gasteiger partial charge >= 0.3 is 0 Å². The molecule has 6 rings (SSSR count). The van der Waals surface area contributed by atoms with E-state index in [-0.39, 0.29) is 18.2 Å². The second-order valence-corrected chi connectivity index (χ2v) is 12.7. The Bertz CT molecular complexity index is 2010. The highest BCUT2D eigenvalue weighted by atomic mass is 32.2. The van der Waals surface area contributed by atoms with Crippen molar-refractivity contribution in [2.24, 2.45) is 0 Å². The van der Waals surface area contributed by atoms with Crippen LogP contribution in [-0.2, 0) is 16.3 Å². The van der Waals surface area contributed by atoms with Gasteiger partial charge in [0.15, 0.2) is 11.5 Å². The molecule has 0 saturated heterocycles. The first-order valence-electron chi connectivity index (χ1n) is 13.2. The zero-order valence-corrected chi connectivity index (χ0v) is 23.6. The molecule has 6 aromatic rings. The standard InChI is InChI=1S/C30H28FN7O2S/c1-17(2)33-22-14-20(15-32-16-22)24-7-8-26-28(34-24)29(38-37-26)30-35-25-6-4-5-23(27(25)36-30)19-11-18(12-21(31)13-19)9-10-41(3,39)40/h4-8,11-17,33H,9-10H2,1-3H3,(H,35,36)(H,37,38). The van der Waals surface area contributed by atoms with Crippen molar-refractivity contribution in [3.63, 3.8) is 0 Å². The highest BCUT2D eigenvalue weighted by molar-refractivity contribution is 7.90. The average Bonchev–Trinajstić information content (AvgIpc) is 3.54. The number of fused-ring (bicyclic) bond motifs is 2. The number of para-hydroxylation sites is 1. The number of imidazole rings is 1. The van der Waals surface area contributed by atoms with Crippen molar-refractivity contribution in [2.45, 2.75) is 26.3 Å². The van der Waals surface area contributed by atoms with Gasteiger partial charge in [-0.15, -0.1) is 0 Å². The molecule has 11 heteroatoms. The summed E-state index contributed by atoms with van der Waals surface area (Å²) in [6, 6.07) is 16.4. The highest BCUT2D eigenvalue weighted by Gasteiger charge is 2.18. The first-order valence-corrected chi connectivity index (χ1v) is 15.2. The van der Waals surface area contributed by atoms with Crippen LogP contribution >= 0.6 is 0 Å². The molecule has 2 aromatic carbocycles. The van der Waals surface area contributed by atoms with Gasteiger partial charge in [0.1, 0.15) is 21.2 Å². The molecule has 0 aliphatic carbocycles. The molecule has 4 aromatic heterocycles. The maximum atomic E-state index is 14.6. The van der Waals surface area contributed by atoms with Crippen LogP contribution in [0.5, 0.6) is 0 Å². The Labute approximate surface area is 236 Å². The predicted molar refractivity (Wildman–Crippen MR) is 160 cm³/mol. The molecule has 41 heavy (non-hydrogen) atoms. The number of halogens is 1. The van der Waals surface area contributed by atoms with Gasteiger partial charge in [0.25, 0.3) is 0 Å². The number of anilines is 1. The van der Waals surface area contributed by atoms with E-state index in [0.717, 1.165) is 33.5 Å². The lowest BCUT2D eigenvalue weighted by Gasteiger charge is -2.10. The molecule has 0 radical (unpaired) electrons. The number of pyridine rings is 2. The number of aryl methyl sites for hydroxylation is 1. The zero-order chi connectivity index (χ0) is 28.7. The minimum absolute atomic E-state index is 0.0531. The molecule has 0 aliphatic rings. The third-order valence-corrected chi connectivity index (χ3v) is 7.61. The summed E-state index contributed by atoms with van der Waals surface area (Å²) in [5.74, 6) is 0.0315. The number of nitrogens with zero attached hydrogens (tertiary/aromatic N) is 4. The average molecular weight is 570 g/mol. The van der Waals surface area contributed by atoms with Crippen LogP contribution < -0.4 is 5.32 Å². The molecule has 9 nitrogen and oxygen atoms in total. The second-order valence-electron chi connectivity index (χ2n) is 10.4. The molecule has 0 saturated carbocycles. The smallest absolute Gasteiger partial charge is 0.161 e. The Hall–Kier alpha value is -4.64. The molecule has 0 bridgehead atoms. The van der Waals surface area contributed by atoms with Gasteiger partial charge in [-0.2, -0.15) is 5.10 Å². The Morgan fingerprint density at radius 3 is 2.61 bits per heavy atom. The largest absolute Gasteiger partial charge is 0.382 e. The van der Waals surface area contributed by atoms with E-state index in [4.69, 9.17) is 9.97 Å². The normalized spacial score (nSPS) is 12.0. The molecule has 0 atom stereocenters. The van der Waals surface area contributed by atoms with Gasteiger partial charge in [0, 0.05) is 35.8 Å². The van der Waals surface area contributed by atoms with E-state index in [2.05, 4.69) is 39.3 Å². The number of H-pyrrole nitrogens is 2. The number of hydrogen-bond acceptors (Lipinski definition) is 7. The zero-order valence-electron chi connectivity index (χ0n) is 22.7. The van der Waals surface area contributed by atoms with Crippen molar-refractivity contribution >= 4 is 37.6 Å². The minimum atomic E-state index is -3.18. The predicted octanol–water partition coefficient (Wildman–Crippen LogP) is 5.78. The van der Waals surface area contributed by atoms with Crippen LogP contribution in [0.3, 0.4) is 0 Å². The maximum Gasteiger partial charge on any atom is 0.161 e. The van der Waals surface area contributed by atoms with Crippen LogP contribution in [0.15, 0.2) is 67.0 Å². The summed E-state index contributed by atoms with van der Waals surface area (Å²) in [5, 5.41) is 10.9. The fourth-order valence-corrected chi connectivity index (χ4v) is 5.45. The van der Waals surface area contributed by atoms with Crippen molar-refractivity contribution < 1.29 is 12.8 Å². The fourth-order valence-electron chi connectivity index (χ4n) is 4.85. The van der Waals surface area contributed by atoms with Crippen LogP contribution in [0.2, 0.25) is 0 Å². The summed E-state index contributed by atoms with van der Waals surface area (Å²) >= 11 is 0. The minimum Gasteiger partial charge on any atom is -0.382 e. The molecule has 4 heterocycles. The fraction of sp³-hybridized carbons (Fsp3) is 0.200. The second kappa shape index (κ2) is 10.4. The van der Waals surface area contributed by atoms with E-state index < -0.39 is 15.7 Å². The van der Waals surface area contributed by atoms with E-state index in [0.29, 0.717) is 33.7 Å². The lowest BCUT2D eigenvalue weighted by Crippen LogP contribution is -2.09. The monoisotopic (exact) mass is 569 g/mol. The van der Waals surface area contributed by atoms with Crippen LogP contribution in [0.25, 0.3) is 56.0 Å². The van der Waals surface area contributed by atoms with Gasteiger partial charge in [-0.25, -0.2) is 22.8 Å².